The molecule has 6 atom stereocenters. The number of carbonyl (C=O) groups is 4. The minimum atomic E-state index is -3.44. The number of rotatable bonds is 11. The van der Waals surface area contributed by atoms with E-state index in [4.69, 9.17) is 19.4 Å². The number of pyridine rings is 1. The molecule has 0 spiro atoms. The van der Waals surface area contributed by atoms with Gasteiger partial charge in [0.05, 0.1) is 30.6 Å². The summed E-state index contributed by atoms with van der Waals surface area (Å²) in [5, 5.41) is 25.7. The summed E-state index contributed by atoms with van der Waals surface area (Å²) in [7, 11) is -1.87. The van der Waals surface area contributed by atoms with E-state index in [0.717, 1.165) is 18.0 Å². The summed E-state index contributed by atoms with van der Waals surface area (Å²) in [5.74, 6) is -1.58. The van der Waals surface area contributed by atoms with Crippen LogP contribution in [0.3, 0.4) is 0 Å². The van der Waals surface area contributed by atoms with Gasteiger partial charge in [-0.25, -0.2) is 28.0 Å². The van der Waals surface area contributed by atoms with E-state index in [1.54, 1.807) is 25.3 Å². The van der Waals surface area contributed by atoms with Crippen molar-refractivity contribution in [2.75, 3.05) is 37.8 Å². The van der Waals surface area contributed by atoms with Crippen molar-refractivity contribution < 1.29 is 42.2 Å². The fourth-order valence-electron chi connectivity index (χ4n) is 8.56. The molecule has 1 saturated carbocycles. The Morgan fingerprint density at radius 2 is 1.89 bits per heavy atom. The molecule has 3 aromatic rings. The molecule has 5 heterocycles. The second-order valence-corrected chi connectivity index (χ2v) is 21.4. The Morgan fingerprint density at radius 3 is 2.59 bits per heavy atom. The van der Waals surface area contributed by atoms with Crippen LogP contribution >= 0.6 is 11.3 Å². The number of nitrogens with one attached hydrogen (secondary N) is 4. The van der Waals surface area contributed by atoms with Gasteiger partial charge >= 0.3 is 12.0 Å². The molecular formula is C44H60N8O9S2. The van der Waals surface area contributed by atoms with Gasteiger partial charge in [-0.1, -0.05) is 45.8 Å². The number of nitrogens with zero attached hydrogens (tertiary/aromatic N) is 4. The predicted octanol–water partition coefficient (Wildman–Crippen LogP) is 5.13. The third-order valence-electron chi connectivity index (χ3n) is 12.3. The highest BCUT2D eigenvalue weighted by Crippen LogP contribution is 2.45. The van der Waals surface area contributed by atoms with Crippen molar-refractivity contribution in [2.24, 2.45) is 11.3 Å². The van der Waals surface area contributed by atoms with Crippen LogP contribution in [0, 0.1) is 11.3 Å². The zero-order chi connectivity index (χ0) is 45.3. The number of hydrogen-bond donors (Lipinski definition) is 5. The lowest BCUT2D eigenvalue weighted by Gasteiger charge is -2.35. The second kappa shape index (κ2) is 18.6. The third kappa shape index (κ3) is 10.5. The van der Waals surface area contributed by atoms with Crippen molar-refractivity contribution >= 4 is 61.2 Å². The van der Waals surface area contributed by atoms with E-state index in [2.05, 4.69) is 21.3 Å². The Hall–Kier alpha value is -5.01. The number of carboxylic acid groups (broad SMARTS) is 1. The van der Waals surface area contributed by atoms with Crippen molar-refractivity contribution in [2.45, 2.75) is 122 Å². The molecule has 342 valence electrons. The van der Waals surface area contributed by atoms with Crippen LogP contribution in [-0.2, 0) is 24.4 Å². The van der Waals surface area contributed by atoms with Crippen molar-refractivity contribution in [1.82, 2.24) is 35.1 Å². The molecule has 5 N–H and O–H groups in total. The van der Waals surface area contributed by atoms with E-state index in [0.29, 0.717) is 59.6 Å². The van der Waals surface area contributed by atoms with Crippen molar-refractivity contribution in [3.05, 3.63) is 41.8 Å². The zero-order valence-corrected chi connectivity index (χ0v) is 38.4. The monoisotopic (exact) mass is 908 g/mol. The van der Waals surface area contributed by atoms with Gasteiger partial charge in [0.25, 0.3) is 0 Å². The Morgan fingerprint density at radius 1 is 1.10 bits per heavy atom. The van der Waals surface area contributed by atoms with Crippen molar-refractivity contribution in [3.63, 3.8) is 0 Å². The number of sulfonamides is 1. The highest BCUT2D eigenvalue weighted by Gasteiger charge is 2.61. The first-order valence-corrected chi connectivity index (χ1v) is 24.3. The van der Waals surface area contributed by atoms with Crippen molar-refractivity contribution in [3.8, 4) is 22.9 Å². The maximum Gasteiger partial charge on any atom is 0.330 e. The number of amides is 4. The number of fused-ring (bicyclic) bond motifs is 3. The zero-order valence-electron chi connectivity index (χ0n) is 36.8. The minimum Gasteiger partial charge on any atom is -0.497 e. The van der Waals surface area contributed by atoms with E-state index in [-0.39, 0.29) is 44.1 Å². The molecule has 7 rings (SSSR count). The van der Waals surface area contributed by atoms with Gasteiger partial charge in [-0.05, 0) is 63.5 Å². The molecule has 0 bridgehead atoms. The molecule has 19 heteroatoms. The van der Waals surface area contributed by atoms with Crippen LogP contribution in [0.5, 0.6) is 11.5 Å². The quantitative estimate of drug-likeness (QED) is 0.158. The Kier molecular flexibility index (Phi) is 13.6. The number of ether oxygens (including phenoxy) is 2. The molecule has 17 nitrogen and oxygen atoms in total. The molecule has 0 radical (unpaired) electrons. The fraction of sp³-hybridized carbons (Fsp3) is 0.591. The lowest BCUT2D eigenvalue weighted by Crippen LogP contribution is -2.59. The summed E-state index contributed by atoms with van der Waals surface area (Å²) in [4.78, 5) is 66.9. The molecule has 1 unspecified atom stereocenters. The number of methoxy groups -OCH3 is 1. The molecule has 3 aliphatic heterocycles. The van der Waals surface area contributed by atoms with E-state index >= 15 is 0 Å². The number of benzene rings is 1. The van der Waals surface area contributed by atoms with Gasteiger partial charge in [0.15, 0.2) is 5.13 Å². The number of urea groups is 1. The number of aliphatic carboxylic acids is 1. The number of carboxylic acids is 1. The number of hydrogen-bond acceptors (Lipinski definition) is 12. The maximum absolute atomic E-state index is 14.9. The number of allylic oxidation sites excluding steroid dienone is 1. The Bertz CT molecular complexity index is 2350. The molecule has 4 aliphatic rings. The molecule has 1 aliphatic carbocycles. The smallest absolute Gasteiger partial charge is 0.330 e. The number of aromatic nitrogens is 2. The van der Waals surface area contributed by atoms with Gasteiger partial charge in [-0.3, -0.25) is 9.59 Å². The van der Waals surface area contributed by atoms with E-state index in [1.165, 1.54) is 20.5 Å². The first-order valence-electron chi connectivity index (χ1n) is 21.8. The Labute approximate surface area is 372 Å². The number of anilines is 1. The van der Waals surface area contributed by atoms with Crippen LogP contribution in [0.2, 0.25) is 0 Å². The summed E-state index contributed by atoms with van der Waals surface area (Å²) in [6.45, 7) is 10.2. The van der Waals surface area contributed by atoms with Gasteiger partial charge in [0.1, 0.15) is 40.9 Å². The number of carbonyl (C=O) groups excluding carboxylic acids is 3. The highest BCUT2D eigenvalue weighted by molar-refractivity contribution is 7.89. The Balaban J connectivity index is 1.19. The van der Waals surface area contributed by atoms with Gasteiger partial charge in [-0.15, -0.1) is 11.3 Å². The summed E-state index contributed by atoms with van der Waals surface area (Å²) in [6, 6.07) is 3.97. The maximum atomic E-state index is 14.9. The molecule has 3 fully saturated rings. The SMILES string of the molecule is COc1ccc2c(O[C@@H]3C[C@H]4C(=O)N[C@]5(C(=O)O)CC5/C=C\CCCCC[C@@H](NC(=O)N[C@H](CN5CCCS5(=O)=O)C(C)(C)C)C(=O)N4C3)cc(-c3csc(NC(C)C)n3)nc2c1. The fourth-order valence-corrected chi connectivity index (χ4v) is 10.9. The molecule has 1 aromatic carbocycles. The summed E-state index contributed by atoms with van der Waals surface area (Å²) in [5.41, 5.74) is -0.287. The van der Waals surface area contributed by atoms with E-state index < -0.39 is 74.9 Å². The van der Waals surface area contributed by atoms with Crippen LogP contribution in [0.25, 0.3) is 22.3 Å². The van der Waals surface area contributed by atoms with Gasteiger partial charge in [0, 0.05) is 60.4 Å². The summed E-state index contributed by atoms with van der Waals surface area (Å²) < 4.78 is 39.1. The highest BCUT2D eigenvalue weighted by atomic mass is 32.2. The lowest BCUT2D eigenvalue weighted by atomic mass is 9.86. The van der Waals surface area contributed by atoms with Crippen LogP contribution in [-0.4, -0.2) is 125 Å². The summed E-state index contributed by atoms with van der Waals surface area (Å²) in [6.07, 6.45) is 6.94. The molecule has 2 aromatic heterocycles. The normalized spacial score (nSPS) is 26.4. The predicted molar refractivity (Wildman–Crippen MR) is 240 cm³/mol. The van der Waals surface area contributed by atoms with Crippen LogP contribution < -0.4 is 30.7 Å². The van der Waals surface area contributed by atoms with Crippen molar-refractivity contribution in [1.29, 1.82) is 0 Å². The first kappa shape index (κ1) is 46.0. The molecule has 2 saturated heterocycles. The lowest BCUT2D eigenvalue weighted by molar-refractivity contribution is -0.145. The second-order valence-electron chi connectivity index (χ2n) is 18.5. The van der Waals surface area contributed by atoms with E-state index in [9.17, 15) is 32.7 Å². The topological polar surface area (TPSA) is 221 Å². The average molecular weight is 909 g/mol. The van der Waals surface area contributed by atoms with Gasteiger partial charge < -0.3 is 40.7 Å². The molecular weight excluding hydrogens is 849 g/mol. The third-order valence-corrected chi connectivity index (χ3v) is 15.0. The van der Waals surface area contributed by atoms with Gasteiger partial charge in [-0.2, -0.15) is 4.31 Å². The minimum absolute atomic E-state index is 0.0357. The summed E-state index contributed by atoms with van der Waals surface area (Å²) >= 11 is 1.45. The van der Waals surface area contributed by atoms with Crippen LogP contribution in [0.4, 0.5) is 9.93 Å². The largest absolute Gasteiger partial charge is 0.497 e. The van der Waals surface area contributed by atoms with Crippen LogP contribution in [0.15, 0.2) is 41.8 Å². The average Bonchev–Trinajstić information content (AvgIpc) is 3.49. The van der Waals surface area contributed by atoms with Gasteiger partial charge in [0.2, 0.25) is 21.8 Å². The molecule has 63 heavy (non-hydrogen) atoms. The van der Waals surface area contributed by atoms with Crippen LogP contribution in [0.1, 0.15) is 86.0 Å². The van der Waals surface area contributed by atoms with E-state index in [1.807, 2.05) is 58.2 Å². The standard InChI is InChI=1S/C44H60N8O9S2/c1-26(2)45-42-48-34(25-62-42)33-21-36(30-16-15-28(60-6)19-32(30)46-33)61-29-20-35-38(53)50-44(40(55)56)22-27(44)13-10-8-7-9-11-14-31(39(54)52(35)23-29)47-41(57)49-37(43(3,4)5)24-51-17-12-18-63(51,58)59/h10,13,15-16,19,21,25-27,29,31,35,37H,7-9,11-12,14,17-18,20,22-24H2,1-6H3,(H,45,48)(H,50,53)(H,55,56)(H2,47,49,57)/b13-10-/t27?,29-,31-,35+,37-,44-/m1/s1. The first-order chi connectivity index (χ1) is 29.9. The molecule has 4 amide bonds. The number of thiazole rings is 1.